The number of tetrazole rings is 1. The van der Waals surface area contributed by atoms with E-state index in [9.17, 15) is 0 Å². The molecule has 2 heterocycles. The molecule has 3 aliphatic rings. The Hall–Kier alpha value is -1.97. The molecule has 132 valence electrons. The SMILES string of the molecule is CCCCCC1=Cc2nnnn2C2C=CC=CC2=C1C1CCCCC1. The number of hydrogen-bond acceptors (Lipinski definition) is 3. The fraction of sp³-hybridized carbons (Fsp3) is 0.571. The van der Waals surface area contributed by atoms with Crippen LogP contribution in [-0.2, 0) is 0 Å². The molecule has 0 N–H and O–H groups in total. The molecule has 0 amide bonds. The van der Waals surface area contributed by atoms with Crippen LogP contribution in [0.4, 0.5) is 0 Å². The van der Waals surface area contributed by atoms with Crippen LogP contribution >= 0.6 is 0 Å². The number of hydrogen-bond donors (Lipinski definition) is 0. The number of rotatable bonds is 5. The van der Waals surface area contributed by atoms with Gasteiger partial charge in [-0.05, 0) is 64.8 Å². The Labute approximate surface area is 150 Å². The highest BCUT2D eigenvalue weighted by Gasteiger charge is 2.30. The van der Waals surface area contributed by atoms with Crippen LogP contribution in [-0.4, -0.2) is 20.2 Å². The minimum atomic E-state index is 0.145. The lowest BCUT2D eigenvalue weighted by Crippen LogP contribution is -2.18. The van der Waals surface area contributed by atoms with Crippen LogP contribution in [0.1, 0.15) is 76.6 Å². The average Bonchev–Trinajstić information content (AvgIpc) is 3.06. The molecule has 1 aromatic heterocycles. The summed E-state index contributed by atoms with van der Waals surface area (Å²) >= 11 is 0. The van der Waals surface area contributed by atoms with Crippen molar-refractivity contribution >= 4 is 6.08 Å². The summed E-state index contributed by atoms with van der Waals surface area (Å²) in [7, 11) is 0. The van der Waals surface area contributed by atoms with Gasteiger partial charge in [0.05, 0.1) is 6.04 Å². The first-order chi connectivity index (χ1) is 12.4. The van der Waals surface area contributed by atoms with E-state index in [0.29, 0.717) is 5.92 Å². The van der Waals surface area contributed by atoms with Gasteiger partial charge in [0, 0.05) is 0 Å². The van der Waals surface area contributed by atoms with E-state index >= 15 is 0 Å². The minimum Gasteiger partial charge on any atom is -0.214 e. The van der Waals surface area contributed by atoms with Gasteiger partial charge >= 0.3 is 0 Å². The molecule has 0 spiro atoms. The molecule has 1 unspecified atom stereocenters. The summed E-state index contributed by atoms with van der Waals surface area (Å²) in [6.45, 7) is 2.27. The molecule has 2 aliphatic carbocycles. The molecular formula is C21H28N4. The molecule has 1 aliphatic heterocycles. The average molecular weight is 336 g/mol. The Morgan fingerprint density at radius 1 is 1.12 bits per heavy atom. The third-order valence-electron chi connectivity index (χ3n) is 5.80. The molecule has 0 radical (unpaired) electrons. The van der Waals surface area contributed by atoms with Gasteiger partial charge < -0.3 is 0 Å². The molecule has 4 nitrogen and oxygen atoms in total. The van der Waals surface area contributed by atoms with Crippen LogP contribution in [0.3, 0.4) is 0 Å². The van der Waals surface area contributed by atoms with E-state index in [0.717, 1.165) is 12.2 Å². The van der Waals surface area contributed by atoms with Crippen molar-refractivity contribution in [3.63, 3.8) is 0 Å². The normalized spacial score (nSPS) is 23.2. The first-order valence-electron chi connectivity index (χ1n) is 9.96. The highest BCUT2D eigenvalue weighted by atomic mass is 15.5. The maximum absolute atomic E-state index is 4.31. The minimum absolute atomic E-state index is 0.145. The molecule has 0 saturated heterocycles. The van der Waals surface area contributed by atoms with Crippen molar-refractivity contribution in [3.05, 3.63) is 46.8 Å². The van der Waals surface area contributed by atoms with Gasteiger partial charge in [0.2, 0.25) is 0 Å². The lowest BCUT2D eigenvalue weighted by molar-refractivity contribution is 0.400. The number of fused-ring (bicyclic) bond motifs is 3. The van der Waals surface area contributed by atoms with Gasteiger partial charge in [-0.15, -0.1) is 5.10 Å². The zero-order chi connectivity index (χ0) is 17.1. The summed E-state index contributed by atoms with van der Waals surface area (Å²) in [5.41, 5.74) is 4.49. The summed E-state index contributed by atoms with van der Waals surface area (Å²) < 4.78 is 1.99. The van der Waals surface area contributed by atoms with Crippen molar-refractivity contribution in [3.8, 4) is 0 Å². The van der Waals surface area contributed by atoms with Gasteiger partial charge in [-0.2, -0.15) is 0 Å². The second kappa shape index (κ2) is 7.51. The molecule has 1 saturated carbocycles. The van der Waals surface area contributed by atoms with Crippen molar-refractivity contribution in [1.82, 2.24) is 20.2 Å². The van der Waals surface area contributed by atoms with E-state index in [2.05, 4.69) is 52.8 Å². The quantitative estimate of drug-likeness (QED) is 0.695. The first kappa shape index (κ1) is 16.5. The molecule has 1 fully saturated rings. The number of unbranched alkanes of at least 4 members (excludes halogenated alkanes) is 2. The Bertz CT molecular complexity index is 729. The summed E-state index contributed by atoms with van der Waals surface area (Å²) in [5.74, 6) is 1.59. The summed E-state index contributed by atoms with van der Waals surface area (Å²) in [5, 5.41) is 12.6. The number of nitrogens with zero attached hydrogens (tertiary/aromatic N) is 4. The molecule has 0 aromatic carbocycles. The monoisotopic (exact) mass is 336 g/mol. The van der Waals surface area contributed by atoms with E-state index in [1.807, 2.05) is 4.68 Å². The molecule has 4 rings (SSSR count). The van der Waals surface area contributed by atoms with Crippen molar-refractivity contribution in [1.29, 1.82) is 0 Å². The maximum Gasteiger partial charge on any atom is 0.175 e. The number of aromatic nitrogens is 4. The lowest BCUT2D eigenvalue weighted by Gasteiger charge is -2.30. The Morgan fingerprint density at radius 2 is 2.00 bits per heavy atom. The van der Waals surface area contributed by atoms with Crippen LogP contribution < -0.4 is 0 Å². The van der Waals surface area contributed by atoms with Gasteiger partial charge in [0.25, 0.3) is 0 Å². The van der Waals surface area contributed by atoms with Crippen molar-refractivity contribution < 1.29 is 0 Å². The Kier molecular flexibility index (Phi) is 4.95. The molecule has 25 heavy (non-hydrogen) atoms. The van der Waals surface area contributed by atoms with Crippen LogP contribution in [0.15, 0.2) is 41.0 Å². The second-order valence-electron chi connectivity index (χ2n) is 7.50. The van der Waals surface area contributed by atoms with E-state index in [1.165, 1.54) is 62.5 Å². The fourth-order valence-corrected chi connectivity index (χ4v) is 4.57. The maximum atomic E-state index is 4.31. The molecule has 1 aromatic rings. The van der Waals surface area contributed by atoms with Gasteiger partial charge in [-0.25, -0.2) is 4.68 Å². The van der Waals surface area contributed by atoms with Gasteiger partial charge in [-0.1, -0.05) is 63.3 Å². The van der Waals surface area contributed by atoms with Gasteiger partial charge in [0.15, 0.2) is 5.82 Å². The second-order valence-corrected chi connectivity index (χ2v) is 7.50. The number of allylic oxidation sites excluding steroid dienone is 7. The zero-order valence-corrected chi connectivity index (χ0v) is 15.2. The predicted molar refractivity (Wildman–Crippen MR) is 101 cm³/mol. The summed E-state index contributed by atoms with van der Waals surface area (Å²) in [4.78, 5) is 0. The lowest BCUT2D eigenvalue weighted by atomic mass is 9.76. The summed E-state index contributed by atoms with van der Waals surface area (Å²) in [6, 6.07) is 0.145. The van der Waals surface area contributed by atoms with Crippen LogP contribution in [0.2, 0.25) is 0 Å². The first-order valence-corrected chi connectivity index (χ1v) is 9.96. The molecule has 0 bridgehead atoms. The third kappa shape index (κ3) is 3.26. The van der Waals surface area contributed by atoms with Crippen LogP contribution in [0.5, 0.6) is 0 Å². The largest absolute Gasteiger partial charge is 0.214 e. The van der Waals surface area contributed by atoms with Crippen LogP contribution in [0, 0.1) is 5.92 Å². The van der Waals surface area contributed by atoms with E-state index in [-0.39, 0.29) is 6.04 Å². The highest BCUT2D eigenvalue weighted by molar-refractivity contribution is 5.61. The van der Waals surface area contributed by atoms with Crippen molar-refractivity contribution in [2.75, 3.05) is 0 Å². The standard InChI is InChI=1S/C21H28N4/c1-2-3-5-12-17-15-20-22-23-24-25(20)19-14-9-8-13-18(19)21(17)16-10-6-4-7-11-16/h8-9,13-16,19H,2-7,10-12H2,1H3. The molecular weight excluding hydrogens is 308 g/mol. The third-order valence-corrected chi connectivity index (χ3v) is 5.80. The van der Waals surface area contributed by atoms with Crippen LogP contribution in [0.25, 0.3) is 6.08 Å². The van der Waals surface area contributed by atoms with E-state index in [4.69, 9.17) is 0 Å². The topological polar surface area (TPSA) is 43.6 Å². The molecule has 1 atom stereocenters. The van der Waals surface area contributed by atoms with E-state index < -0.39 is 0 Å². The van der Waals surface area contributed by atoms with Crippen molar-refractivity contribution in [2.45, 2.75) is 70.8 Å². The predicted octanol–water partition coefficient (Wildman–Crippen LogP) is 5.19. The summed E-state index contributed by atoms with van der Waals surface area (Å²) in [6.07, 6.45) is 22.8. The van der Waals surface area contributed by atoms with Gasteiger partial charge in [0.1, 0.15) is 0 Å². The molecule has 4 heteroatoms. The fourth-order valence-electron chi connectivity index (χ4n) is 4.57. The van der Waals surface area contributed by atoms with Gasteiger partial charge in [-0.3, -0.25) is 0 Å². The Balaban J connectivity index is 1.79. The Morgan fingerprint density at radius 3 is 2.84 bits per heavy atom. The smallest absolute Gasteiger partial charge is 0.175 e. The zero-order valence-electron chi connectivity index (χ0n) is 15.2. The van der Waals surface area contributed by atoms with Crippen molar-refractivity contribution in [2.24, 2.45) is 5.92 Å². The highest BCUT2D eigenvalue weighted by Crippen LogP contribution is 2.43. The van der Waals surface area contributed by atoms with E-state index in [1.54, 1.807) is 5.57 Å².